The van der Waals surface area contributed by atoms with Crippen molar-refractivity contribution in [1.82, 2.24) is 0 Å². The van der Waals surface area contributed by atoms with E-state index in [1.54, 1.807) is 11.8 Å². The van der Waals surface area contributed by atoms with Crippen molar-refractivity contribution < 1.29 is 9.53 Å². The summed E-state index contributed by atoms with van der Waals surface area (Å²) >= 11 is 11.3. The topological polar surface area (TPSA) is 29.5 Å². The third kappa shape index (κ3) is 4.25. The zero-order valence-electron chi connectivity index (χ0n) is 17.0. The lowest BCUT2D eigenvalue weighted by molar-refractivity contribution is -0.115. The summed E-state index contributed by atoms with van der Waals surface area (Å²) in [6.45, 7) is 0.479. The number of benzene rings is 4. The summed E-state index contributed by atoms with van der Waals surface area (Å²) in [6, 6.07) is 28.0. The van der Waals surface area contributed by atoms with Crippen LogP contribution in [-0.2, 0) is 11.4 Å². The van der Waals surface area contributed by atoms with Crippen LogP contribution in [0.1, 0.15) is 16.5 Å². The minimum Gasteiger partial charge on any atom is -0.488 e. The molecule has 3 nitrogen and oxygen atoms in total. The van der Waals surface area contributed by atoms with Crippen LogP contribution in [0.4, 0.5) is 5.69 Å². The van der Waals surface area contributed by atoms with Gasteiger partial charge in [0.2, 0.25) is 5.91 Å². The SMILES string of the molecule is O=C1CS[C@@H](c2ccc(OCc3cccc4ccccc34)c(Br)c2)N1c1ccc(Cl)cc1. The van der Waals surface area contributed by atoms with Crippen molar-refractivity contribution in [3.8, 4) is 5.75 Å². The van der Waals surface area contributed by atoms with Crippen LogP contribution in [0.2, 0.25) is 5.02 Å². The number of carbonyl (C=O) groups excluding carboxylic acids is 1. The first kappa shape index (κ1) is 21.4. The molecule has 0 aliphatic carbocycles. The van der Waals surface area contributed by atoms with E-state index in [-0.39, 0.29) is 11.3 Å². The average Bonchev–Trinajstić information content (AvgIpc) is 3.20. The Balaban J connectivity index is 1.37. The highest BCUT2D eigenvalue weighted by molar-refractivity contribution is 9.10. The van der Waals surface area contributed by atoms with Gasteiger partial charge in [-0.2, -0.15) is 0 Å². The van der Waals surface area contributed by atoms with Crippen LogP contribution < -0.4 is 9.64 Å². The van der Waals surface area contributed by atoms with Crippen molar-refractivity contribution >= 4 is 61.7 Å². The molecule has 0 spiro atoms. The van der Waals surface area contributed by atoms with Gasteiger partial charge in [0.25, 0.3) is 0 Å². The zero-order valence-corrected chi connectivity index (χ0v) is 20.2. The molecule has 1 aliphatic heterocycles. The molecule has 4 aromatic carbocycles. The smallest absolute Gasteiger partial charge is 0.238 e. The molecule has 4 aromatic rings. The highest BCUT2D eigenvalue weighted by Crippen LogP contribution is 2.43. The van der Waals surface area contributed by atoms with Gasteiger partial charge in [-0.15, -0.1) is 11.8 Å². The first-order chi connectivity index (χ1) is 15.6. The lowest BCUT2D eigenvalue weighted by Crippen LogP contribution is -2.27. The number of rotatable bonds is 5. The molecular formula is C26H19BrClNO2S. The van der Waals surface area contributed by atoms with Crippen molar-refractivity contribution in [3.63, 3.8) is 0 Å². The third-order valence-corrected chi connectivity index (χ3v) is 7.56. The molecule has 0 bridgehead atoms. The monoisotopic (exact) mass is 523 g/mol. The molecule has 1 atom stereocenters. The normalized spacial score (nSPS) is 16.0. The Morgan fingerprint density at radius 3 is 2.59 bits per heavy atom. The largest absolute Gasteiger partial charge is 0.488 e. The molecule has 160 valence electrons. The average molecular weight is 525 g/mol. The van der Waals surface area contributed by atoms with E-state index in [4.69, 9.17) is 16.3 Å². The summed E-state index contributed by atoms with van der Waals surface area (Å²) in [4.78, 5) is 14.4. The van der Waals surface area contributed by atoms with E-state index in [1.165, 1.54) is 10.8 Å². The van der Waals surface area contributed by atoms with Gasteiger partial charge in [-0.05, 0) is 74.2 Å². The summed E-state index contributed by atoms with van der Waals surface area (Å²) in [5.41, 5.74) is 3.03. The van der Waals surface area contributed by atoms with Gasteiger partial charge in [0.15, 0.2) is 0 Å². The maximum atomic E-state index is 12.6. The van der Waals surface area contributed by atoms with Crippen molar-refractivity contribution in [3.05, 3.63) is 106 Å². The quantitative estimate of drug-likeness (QED) is 0.269. The first-order valence-corrected chi connectivity index (χ1v) is 12.4. The molecule has 1 fully saturated rings. The molecule has 0 radical (unpaired) electrons. The summed E-state index contributed by atoms with van der Waals surface area (Å²) < 4.78 is 7.01. The molecule has 32 heavy (non-hydrogen) atoms. The highest BCUT2D eigenvalue weighted by atomic mass is 79.9. The summed E-state index contributed by atoms with van der Waals surface area (Å²) in [5.74, 6) is 1.31. The standard InChI is InChI=1S/C26H19BrClNO2S/c27-23-14-18(26-29(25(30)16-32-26)21-11-9-20(28)10-12-21)8-13-24(23)31-15-19-6-3-5-17-4-1-2-7-22(17)19/h1-14,26H,15-16H2/t26-/m0/s1. The van der Waals surface area contributed by atoms with Gasteiger partial charge in [-0.25, -0.2) is 0 Å². The Kier molecular flexibility index (Phi) is 6.13. The Morgan fingerprint density at radius 2 is 1.78 bits per heavy atom. The summed E-state index contributed by atoms with van der Waals surface area (Å²) in [6.07, 6.45) is 0. The Labute approximate surface area is 204 Å². The minimum atomic E-state index is -0.0907. The van der Waals surface area contributed by atoms with Crippen LogP contribution in [0.25, 0.3) is 10.8 Å². The van der Waals surface area contributed by atoms with Gasteiger partial charge in [-0.3, -0.25) is 9.69 Å². The molecule has 0 saturated carbocycles. The maximum Gasteiger partial charge on any atom is 0.238 e. The van der Waals surface area contributed by atoms with Crippen LogP contribution in [-0.4, -0.2) is 11.7 Å². The molecular weight excluding hydrogens is 506 g/mol. The van der Waals surface area contributed by atoms with E-state index in [2.05, 4.69) is 46.3 Å². The molecule has 1 amide bonds. The predicted molar refractivity (Wildman–Crippen MR) is 137 cm³/mol. The van der Waals surface area contributed by atoms with Crippen LogP contribution >= 0.6 is 39.3 Å². The molecule has 0 N–H and O–H groups in total. The minimum absolute atomic E-state index is 0.0907. The molecule has 0 unspecified atom stereocenters. The molecule has 1 heterocycles. The Bertz CT molecular complexity index is 1290. The van der Waals surface area contributed by atoms with Gasteiger partial charge in [-0.1, -0.05) is 60.1 Å². The molecule has 5 rings (SSSR count). The van der Waals surface area contributed by atoms with Gasteiger partial charge >= 0.3 is 0 Å². The first-order valence-electron chi connectivity index (χ1n) is 10.2. The lowest BCUT2D eigenvalue weighted by atomic mass is 10.1. The Hall–Kier alpha value is -2.47. The lowest BCUT2D eigenvalue weighted by Gasteiger charge is -2.25. The second-order valence-electron chi connectivity index (χ2n) is 7.52. The van der Waals surface area contributed by atoms with Gasteiger partial charge in [0, 0.05) is 10.7 Å². The second kappa shape index (κ2) is 9.18. The fraction of sp³-hybridized carbons (Fsp3) is 0.115. The van der Waals surface area contributed by atoms with Gasteiger partial charge in [0.1, 0.15) is 17.7 Å². The van der Waals surface area contributed by atoms with E-state index >= 15 is 0 Å². The molecule has 0 aromatic heterocycles. The number of ether oxygens (including phenoxy) is 1. The number of halogens is 2. The third-order valence-electron chi connectivity index (χ3n) is 5.48. The van der Waals surface area contributed by atoms with Crippen molar-refractivity contribution in [2.75, 3.05) is 10.7 Å². The second-order valence-corrected chi connectivity index (χ2v) is 9.88. The highest BCUT2D eigenvalue weighted by Gasteiger charge is 2.34. The van der Waals surface area contributed by atoms with Crippen molar-refractivity contribution in [2.24, 2.45) is 0 Å². The van der Waals surface area contributed by atoms with Crippen LogP contribution in [0.15, 0.2) is 89.4 Å². The molecule has 6 heteroatoms. The van der Waals surface area contributed by atoms with Crippen LogP contribution in [0.5, 0.6) is 5.75 Å². The summed E-state index contributed by atoms with van der Waals surface area (Å²) in [5, 5.41) is 2.96. The number of hydrogen-bond donors (Lipinski definition) is 0. The van der Waals surface area contributed by atoms with E-state index < -0.39 is 0 Å². The maximum absolute atomic E-state index is 12.6. The zero-order chi connectivity index (χ0) is 22.1. The molecule has 1 aliphatic rings. The predicted octanol–water partition coefficient (Wildman–Crippen LogP) is 7.61. The van der Waals surface area contributed by atoms with Crippen molar-refractivity contribution in [1.29, 1.82) is 0 Å². The van der Waals surface area contributed by atoms with Crippen LogP contribution in [0.3, 0.4) is 0 Å². The number of amides is 1. The van der Waals surface area contributed by atoms with Crippen molar-refractivity contribution in [2.45, 2.75) is 12.0 Å². The number of anilines is 1. The summed E-state index contributed by atoms with van der Waals surface area (Å²) in [7, 11) is 0. The van der Waals surface area contributed by atoms with Gasteiger partial charge in [0.05, 0.1) is 10.2 Å². The number of carbonyl (C=O) groups is 1. The number of thioether (sulfide) groups is 1. The van der Waals surface area contributed by atoms with Gasteiger partial charge < -0.3 is 4.74 Å². The van der Waals surface area contributed by atoms with E-state index in [9.17, 15) is 4.79 Å². The number of nitrogens with zero attached hydrogens (tertiary/aromatic N) is 1. The van der Waals surface area contributed by atoms with Crippen LogP contribution in [0, 0.1) is 0 Å². The fourth-order valence-corrected chi connectivity index (χ4v) is 5.72. The fourth-order valence-electron chi connectivity index (χ4n) is 3.91. The molecule has 1 saturated heterocycles. The Morgan fingerprint density at radius 1 is 1.00 bits per heavy atom. The van der Waals surface area contributed by atoms with E-state index in [0.29, 0.717) is 17.4 Å². The number of hydrogen-bond acceptors (Lipinski definition) is 3. The van der Waals surface area contributed by atoms with E-state index in [1.807, 2.05) is 59.5 Å². The van der Waals surface area contributed by atoms with E-state index in [0.717, 1.165) is 27.0 Å². The number of fused-ring (bicyclic) bond motifs is 1.